The first-order valence-electron chi connectivity index (χ1n) is 9.37. The molecule has 2 aromatic rings. The van der Waals surface area contributed by atoms with Gasteiger partial charge in [0.1, 0.15) is 47.2 Å². The van der Waals surface area contributed by atoms with Crippen LogP contribution in [0.15, 0.2) is 42.5 Å². The molecule has 1 saturated heterocycles. The molecule has 6 N–H and O–H groups in total. The van der Waals surface area contributed by atoms with Crippen molar-refractivity contribution in [2.75, 3.05) is 6.61 Å². The summed E-state index contributed by atoms with van der Waals surface area (Å²) in [7, 11) is 0. The minimum atomic E-state index is -1.70. The number of hydrogen-bond acceptors (Lipinski definition) is 10. The molecule has 0 spiro atoms. The van der Waals surface area contributed by atoms with Gasteiger partial charge < -0.3 is 40.1 Å². The van der Waals surface area contributed by atoms with Crippen LogP contribution in [0.5, 0.6) is 17.2 Å². The smallest absolute Gasteiger partial charge is 0.229 e. The van der Waals surface area contributed by atoms with Crippen LogP contribution >= 0.6 is 0 Å². The lowest BCUT2D eigenvalue weighted by Gasteiger charge is -2.39. The largest absolute Gasteiger partial charge is 0.507 e. The highest BCUT2D eigenvalue weighted by molar-refractivity contribution is 6.15. The van der Waals surface area contributed by atoms with Gasteiger partial charge in [-0.2, -0.15) is 0 Å². The second-order valence-corrected chi connectivity index (χ2v) is 7.04. The van der Waals surface area contributed by atoms with E-state index in [1.54, 1.807) is 18.2 Å². The number of carbonyl (C=O) groups is 2. The Morgan fingerprint density at radius 3 is 2.10 bits per heavy atom. The van der Waals surface area contributed by atoms with Crippen molar-refractivity contribution in [3.05, 3.63) is 53.6 Å². The van der Waals surface area contributed by atoms with Gasteiger partial charge in [0, 0.05) is 17.7 Å². The molecule has 1 unspecified atom stereocenters. The molecule has 0 amide bonds. The number of rotatable bonds is 7. The van der Waals surface area contributed by atoms with Crippen LogP contribution in [0.1, 0.15) is 27.1 Å². The first kappa shape index (κ1) is 22.7. The lowest BCUT2D eigenvalue weighted by molar-refractivity contribution is -0.277. The van der Waals surface area contributed by atoms with Gasteiger partial charge in [0.05, 0.1) is 13.0 Å². The summed E-state index contributed by atoms with van der Waals surface area (Å²) >= 11 is 0. The highest BCUT2D eigenvalue weighted by atomic mass is 16.7. The van der Waals surface area contributed by atoms with Crippen molar-refractivity contribution in [3.63, 3.8) is 0 Å². The molecular formula is C21H22O10. The standard InChI is InChI=1S/C21H22O10/c22-9-16-18(27)19(28)20(29)21(31-16)30-11-6-13(24)17(14(25)7-11)15(26)8-12(23)10-4-2-1-3-5-10/h1-7,16,18-22,24-25,27-29H,8-9H2/t16-,18?,19-,20-,21-/m1/s1. The zero-order valence-corrected chi connectivity index (χ0v) is 16.2. The van der Waals surface area contributed by atoms with E-state index in [0.29, 0.717) is 5.56 Å². The van der Waals surface area contributed by atoms with E-state index < -0.39 is 72.4 Å². The average molecular weight is 434 g/mol. The molecule has 0 bridgehead atoms. The molecule has 5 atom stereocenters. The number of aliphatic hydroxyl groups excluding tert-OH is 4. The summed E-state index contributed by atoms with van der Waals surface area (Å²) in [6.07, 6.45) is -8.30. The van der Waals surface area contributed by atoms with Crippen molar-refractivity contribution in [3.8, 4) is 17.2 Å². The van der Waals surface area contributed by atoms with Crippen LogP contribution in [-0.2, 0) is 4.74 Å². The normalized spacial score (nSPS) is 25.7. The second-order valence-electron chi connectivity index (χ2n) is 7.04. The molecule has 0 aromatic heterocycles. The summed E-state index contributed by atoms with van der Waals surface area (Å²) < 4.78 is 10.5. The number of ketones is 2. The van der Waals surface area contributed by atoms with Crippen molar-refractivity contribution >= 4 is 11.6 Å². The number of hydrogen-bond donors (Lipinski definition) is 6. The second kappa shape index (κ2) is 9.41. The lowest BCUT2D eigenvalue weighted by Crippen LogP contribution is -2.60. The van der Waals surface area contributed by atoms with E-state index in [9.17, 15) is 40.2 Å². The Bertz CT molecular complexity index is 919. The van der Waals surface area contributed by atoms with Crippen molar-refractivity contribution < 1.29 is 49.7 Å². The first-order chi connectivity index (χ1) is 14.7. The Morgan fingerprint density at radius 1 is 0.903 bits per heavy atom. The molecule has 10 nitrogen and oxygen atoms in total. The number of Topliss-reactive ketones (excluding diaryl/α,β-unsaturated/α-hetero) is 2. The zero-order chi connectivity index (χ0) is 22.7. The molecule has 1 fully saturated rings. The molecular weight excluding hydrogens is 412 g/mol. The number of phenols is 2. The molecule has 2 aromatic carbocycles. The number of benzene rings is 2. The third-order valence-corrected chi connectivity index (χ3v) is 4.87. The number of aliphatic hydroxyl groups is 4. The molecule has 0 aliphatic carbocycles. The van der Waals surface area contributed by atoms with Crippen LogP contribution in [0.25, 0.3) is 0 Å². The topological polar surface area (TPSA) is 174 Å². The van der Waals surface area contributed by atoms with E-state index in [0.717, 1.165) is 12.1 Å². The van der Waals surface area contributed by atoms with Gasteiger partial charge in [-0.25, -0.2) is 0 Å². The summed E-state index contributed by atoms with van der Waals surface area (Å²) in [5.41, 5.74) is -0.178. The monoisotopic (exact) mass is 434 g/mol. The molecule has 1 heterocycles. The van der Waals surface area contributed by atoms with Crippen molar-refractivity contribution in [2.24, 2.45) is 0 Å². The Hall–Kier alpha value is -3.02. The maximum Gasteiger partial charge on any atom is 0.229 e. The zero-order valence-electron chi connectivity index (χ0n) is 16.2. The van der Waals surface area contributed by atoms with Gasteiger partial charge in [0.15, 0.2) is 11.6 Å². The van der Waals surface area contributed by atoms with E-state index in [-0.39, 0.29) is 5.75 Å². The maximum atomic E-state index is 12.4. The minimum Gasteiger partial charge on any atom is -0.507 e. The third-order valence-electron chi connectivity index (χ3n) is 4.87. The highest BCUT2D eigenvalue weighted by Gasteiger charge is 2.44. The minimum absolute atomic E-state index is 0.231. The van der Waals surface area contributed by atoms with Gasteiger partial charge in [-0.1, -0.05) is 30.3 Å². The van der Waals surface area contributed by atoms with Crippen LogP contribution in [0.4, 0.5) is 0 Å². The van der Waals surface area contributed by atoms with Crippen molar-refractivity contribution in [2.45, 2.75) is 37.1 Å². The van der Waals surface area contributed by atoms with Crippen LogP contribution in [0, 0.1) is 0 Å². The Kier molecular flexibility index (Phi) is 6.88. The van der Waals surface area contributed by atoms with Crippen LogP contribution in [0.2, 0.25) is 0 Å². The predicted molar refractivity (Wildman–Crippen MR) is 104 cm³/mol. The fourth-order valence-corrected chi connectivity index (χ4v) is 3.20. The van der Waals surface area contributed by atoms with Crippen LogP contribution in [0.3, 0.4) is 0 Å². The highest BCUT2D eigenvalue weighted by Crippen LogP contribution is 2.35. The van der Waals surface area contributed by atoms with E-state index >= 15 is 0 Å². The molecule has 31 heavy (non-hydrogen) atoms. The summed E-state index contributed by atoms with van der Waals surface area (Å²) in [5.74, 6) is -2.89. The van der Waals surface area contributed by atoms with Gasteiger partial charge in [0.25, 0.3) is 0 Å². The van der Waals surface area contributed by atoms with E-state index in [1.807, 2.05) is 0 Å². The molecule has 0 saturated carbocycles. The quantitative estimate of drug-likeness (QED) is 0.251. The number of carbonyl (C=O) groups excluding carboxylic acids is 2. The van der Waals surface area contributed by atoms with Gasteiger partial charge in [-0.05, 0) is 0 Å². The Morgan fingerprint density at radius 2 is 1.52 bits per heavy atom. The Labute approximate surface area is 176 Å². The fourth-order valence-electron chi connectivity index (χ4n) is 3.20. The molecule has 1 aliphatic heterocycles. The van der Waals surface area contributed by atoms with Crippen LogP contribution < -0.4 is 4.74 Å². The predicted octanol–water partition coefficient (Wildman–Crippen LogP) is -0.268. The van der Waals surface area contributed by atoms with E-state index in [1.165, 1.54) is 12.1 Å². The molecule has 10 heteroatoms. The fraction of sp³-hybridized carbons (Fsp3) is 0.333. The van der Waals surface area contributed by atoms with Gasteiger partial charge in [-0.15, -0.1) is 0 Å². The number of aromatic hydroxyl groups is 2. The summed E-state index contributed by atoms with van der Waals surface area (Å²) in [5, 5.41) is 59.2. The summed E-state index contributed by atoms with van der Waals surface area (Å²) in [6.45, 7) is -0.663. The number of phenolic OH excluding ortho intramolecular Hbond substituents is 2. The SMILES string of the molecule is O=C(CC(=O)c1c(O)cc(O[C@@H]2O[C@H](CO)C(O)[C@@H](O)[C@H]2O)cc1O)c1ccccc1. The molecule has 166 valence electrons. The van der Waals surface area contributed by atoms with Gasteiger partial charge in [0.2, 0.25) is 6.29 Å². The van der Waals surface area contributed by atoms with E-state index in [2.05, 4.69) is 0 Å². The molecule has 0 radical (unpaired) electrons. The third kappa shape index (κ3) is 4.84. The first-order valence-corrected chi connectivity index (χ1v) is 9.37. The van der Waals surface area contributed by atoms with Crippen LogP contribution in [-0.4, -0.2) is 79.5 Å². The average Bonchev–Trinajstić information content (AvgIpc) is 2.74. The van der Waals surface area contributed by atoms with Gasteiger partial charge >= 0.3 is 0 Å². The molecule has 3 rings (SSSR count). The summed E-state index contributed by atoms with van der Waals surface area (Å²) in [4.78, 5) is 24.7. The Balaban J connectivity index is 1.76. The van der Waals surface area contributed by atoms with E-state index in [4.69, 9.17) is 9.47 Å². The van der Waals surface area contributed by atoms with Crippen molar-refractivity contribution in [1.82, 2.24) is 0 Å². The lowest BCUT2D eigenvalue weighted by atomic mass is 9.99. The van der Waals surface area contributed by atoms with Gasteiger partial charge in [-0.3, -0.25) is 9.59 Å². The van der Waals surface area contributed by atoms with Crippen molar-refractivity contribution in [1.29, 1.82) is 0 Å². The number of ether oxygens (including phenoxy) is 2. The maximum absolute atomic E-state index is 12.4. The molecule has 1 aliphatic rings. The summed E-state index contributed by atoms with van der Waals surface area (Å²) in [6, 6.07) is 9.97.